The molecule has 32 heavy (non-hydrogen) atoms. The summed E-state index contributed by atoms with van der Waals surface area (Å²) in [5.74, 6) is 0.351. The summed E-state index contributed by atoms with van der Waals surface area (Å²) >= 11 is 0. The molecule has 5 heteroatoms. The van der Waals surface area contributed by atoms with Crippen LogP contribution >= 0.6 is 0 Å². The van der Waals surface area contributed by atoms with E-state index in [1.807, 2.05) is 42.5 Å². The number of nitrogens with one attached hydrogen (secondary N) is 1. The summed E-state index contributed by atoms with van der Waals surface area (Å²) in [4.78, 5) is 25.2. The third-order valence-electron chi connectivity index (χ3n) is 6.34. The predicted octanol–water partition coefficient (Wildman–Crippen LogP) is 4.63. The van der Waals surface area contributed by atoms with Crippen LogP contribution in [0.1, 0.15) is 42.9 Å². The highest BCUT2D eigenvalue weighted by molar-refractivity contribution is 6.08. The lowest BCUT2D eigenvalue weighted by Gasteiger charge is -2.26. The second-order valence-electron chi connectivity index (χ2n) is 8.42. The molecule has 0 radical (unpaired) electrons. The molecule has 1 saturated carbocycles. The first-order valence-electron chi connectivity index (χ1n) is 11.4. The van der Waals surface area contributed by atoms with E-state index in [0.717, 1.165) is 36.0 Å². The van der Waals surface area contributed by atoms with Crippen LogP contribution in [0.15, 0.2) is 66.3 Å². The molecule has 3 N–H and O–H groups in total. The Morgan fingerprint density at radius 1 is 1.12 bits per heavy atom. The second kappa shape index (κ2) is 9.96. The molecule has 0 aromatic heterocycles. The van der Waals surface area contributed by atoms with Gasteiger partial charge in [0.2, 0.25) is 0 Å². The number of carbonyl (C=O) groups is 2. The quantitative estimate of drug-likeness (QED) is 0.628. The van der Waals surface area contributed by atoms with E-state index in [0.29, 0.717) is 36.2 Å². The van der Waals surface area contributed by atoms with Gasteiger partial charge in [-0.05, 0) is 66.0 Å². The average molecular weight is 431 g/mol. The molecule has 2 aliphatic carbocycles. The van der Waals surface area contributed by atoms with Gasteiger partial charge in [0, 0.05) is 17.8 Å². The van der Waals surface area contributed by atoms with E-state index in [-0.39, 0.29) is 18.3 Å². The molecule has 2 aromatic rings. The van der Waals surface area contributed by atoms with Crippen molar-refractivity contribution in [1.82, 2.24) is 0 Å². The number of nitrogens with two attached hydrogens (primary N) is 1. The summed E-state index contributed by atoms with van der Waals surface area (Å²) in [6.45, 7) is 2.61. The number of anilines is 1. The largest absolute Gasteiger partial charge is 0.466 e. The van der Waals surface area contributed by atoms with E-state index < -0.39 is 0 Å². The number of amides is 1. The van der Waals surface area contributed by atoms with Crippen LogP contribution in [0.5, 0.6) is 0 Å². The number of rotatable bonds is 7. The van der Waals surface area contributed by atoms with Crippen molar-refractivity contribution in [2.75, 3.05) is 11.9 Å². The van der Waals surface area contributed by atoms with Gasteiger partial charge in [-0.3, -0.25) is 9.59 Å². The average Bonchev–Trinajstić information content (AvgIpc) is 3.28. The Labute approximate surface area is 189 Å². The summed E-state index contributed by atoms with van der Waals surface area (Å²) in [6.07, 6.45) is 7.67. The Morgan fingerprint density at radius 2 is 1.97 bits per heavy atom. The fraction of sp³-hybridized carbons (Fsp3) is 0.333. The van der Waals surface area contributed by atoms with E-state index in [4.69, 9.17) is 10.5 Å². The van der Waals surface area contributed by atoms with Gasteiger partial charge in [0.15, 0.2) is 0 Å². The minimum absolute atomic E-state index is 0.126. The molecular weight excluding hydrogens is 400 g/mol. The van der Waals surface area contributed by atoms with Gasteiger partial charge < -0.3 is 15.8 Å². The van der Waals surface area contributed by atoms with Gasteiger partial charge in [-0.15, -0.1) is 0 Å². The first-order chi connectivity index (χ1) is 15.6. The van der Waals surface area contributed by atoms with Crippen LogP contribution in [-0.4, -0.2) is 18.5 Å². The fourth-order valence-corrected chi connectivity index (χ4v) is 4.80. The fourth-order valence-electron chi connectivity index (χ4n) is 4.80. The zero-order chi connectivity index (χ0) is 22.5. The summed E-state index contributed by atoms with van der Waals surface area (Å²) in [5, 5.41) is 3.02. The minimum Gasteiger partial charge on any atom is -0.466 e. The Morgan fingerprint density at radius 3 is 2.78 bits per heavy atom. The number of benzene rings is 2. The molecule has 0 spiro atoms. The number of allylic oxidation sites excluding steroid dienone is 2. The second-order valence-corrected chi connectivity index (χ2v) is 8.42. The maximum absolute atomic E-state index is 13.3. The maximum atomic E-state index is 13.3. The van der Waals surface area contributed by atoms with Crippen molar-refractivity contribution in [3.8, 4) is 0 Å². The van der Waals surface area contributed by atoms with Gasteiger partial charge in [0.1, 0.15) is 0 Å². The lowest BCUT2D eigenvalue weighted by molar-refractivity contribution is -0.142. The van der Waals surface area contributed by atoms with Crippen molar-refractivity contribution in [3.63, 3.8) is 0 Å². The predicted molar refractivity (Wildman–Crippen MR) is 127 cm³/mol. The molecule has 166 valence electrons. The monoisotopic (exact) mass is 430 g/mol. The number of hydrogen-bond acceptors (Lipinski definition) is 4. The van der Waals surface area contributed by atoms with Gasteiger partial charge in [-0.2, -0.15) is 0 Å². The number of para-hydroxylation sites is 1. The van der Waals surface area contributed by atoms with Gasteiger partial charge >= 0.3 is 5.97 Å². The van der Waals surface area contributed by atoms with Gasteiger partial charge in [0.25, 0.3) is 5.91 Å². The number of carbonyl (C=O) groups excluding carboxylic acids is 2. The van der Waals surface area contributed by atoms with Crippen molar-refractivity contribution < 1.29 is 14.3 Å². The maximum Gasteiger partial charge on any atom is 0.310 e. The van der Waals surface area contributed by atoms with Gasteiger partial charge in [0.05, 0.1) is 13.0 Å². The Kier molecular flexibility index (Phi) is 6.86. The standard InChI is InChI=1S/C27H30N2O3/c1-2-32-26(30)16-21-8-3-4-12-25(21)29-27(31)22-14-20-10-6-11-23(20)24(15-22)19-9-5-7-18(13-19)17-28/h3-5,7-9,12-15,20,23H,2,6,10-11,16-17,28H2,1H3,(H,29,31). The van der Waals surface area contributed by atoms with E-state index >= 15 is 0 Å². The topological polar surface area (TPSA) is 81.4 Å². The summed E-state index contributed by atoms with van der Waals surface area (Å²) in [5.41, 5.74) is 11.4. The van der Waals surface area contributed by atoms with Crippen LogP contribution in [0.2, 0.25) is 0 Å². The van der Waals surface area contributed by atoms with Crippen LogP contribution < -0.4 is 11.1 Å². The van der Waals surface area contributed by atoms with Crippen molar-refractivity contribution >= 4 is 23.1 Å². The highest BCUT2D eigenvalue weighted by Crippen LogP contribution is 2.45. The molecule has 1 fully saturated rings. The molecule has 2 unspecified atom stereocenters. The summed E-state index contributed by atoms with van der Waals surface area (Å²) < 4.78 is 5.07. The lowest BCUT2D eigenvalue weighted by atomic mass is 9.78. The molecule has 2 aromatic carbocycles. The third-order valence-corrected chi connectivity index (χ3v) is 6.34. The van der Waals surface area contributed by atoms with E-state index in [9.17, 15) is 9.59 Å². The Bertz CT molecular complexity index is 1070. The molecule has 0 heterocycles. The zero-order valence-electron chi connectivity index (χ0n) is 18.5. The van der Waals surface area contributed by atoms with Crippen LogP contribution in [0.25, 0.3) is 5.57 Å². The highest BCUT2D eigenvalue weighted by atomic mass is 16.5. The van der Waals surface area contributed by atoms with Crippen molar-refractivity contribution in [3.05, 3.63) is 82.9 Å². The SMILES string of the molecule is CCOC(=O)Cc1ccccc1NC(=O)C1=CC2CCCC2C(c2cccc(CN)c2)=C1. The summed E-state index contributed by atoms with van der Waals surface area (Å²) in [7, 11) is 0. The Hall–Kier alpha value is -3.18. The van der Waals surface area contributed by atoms with E-state index in [2.05, 4.69) is 23.5 Å². The molecule has 5 nitrogen and oxygen atoms in total. The van der Waals surface area contributed by atoms with Crippen molar-refractivity contribution in [2.45, 2.75) is 39.2 Å². The van der Waals surface area contributed by atoms with Crippen molar-refractivity contribution in [1.29, 1.82) is 0 Å². The molecule has 2 atom stereocenters. The van der Waals surface area contributed by atoms with Gasteiger partial charge in [-0.1, -0.05) is 55.0 Å². The Balaban J connectivity index is 1.60. The molecular formula is C27H30N2O3. The number of esters is 1. The first kappa shape index (κ1) is 22.0. The molecule has 0 saturated heterocycles. The molecule has 0 bridgehead atoms. The van der Waals surface area contributed by atoms with Crippen molar-refractivity contribution in [2.24, 2.45) is 17.6 Å². The molecule has 0 aliphatic heterocycles. The van der Waals surface area contributed by atoms with E-state index in [1.165, 1.54) is 5.57 Å². The summed E-state index contributed by atoms with van der Waals surface area (Å²) in [6, 6.07) is 15.7. The number of ether oxygens (including phenoxy) is 1. The third kappa shape index (κ3) is 4.83. The molecule has 2 aliphatic rings. The van der Waals surface area contributed by atoms with Crippen LogP contribution in [0.3, 0.4) is 0 Å². The number of hydrogen-bond donors (Lipinski definition) is 2. The van der Waals surface area contributed by atoms with Crippen LogP contribution in [0, 0.1) is 11.8 Å². The van der Waals surface area contributed by atoms with Gasteiger partial charge in [-0.25, -0.2) is 0 Å². The highest BCUT2D eigenvalue weighted by Gasteiger charge is 2.33. The van der Waals surface area contributed by atoms with Crippen LogP contribution in [0.4, 0.5) is 5.69 Å². The van der Waals surface area contributed by atoms with Crippen LogP contribution in [-0.2, 0) is 27.3 Å². The normalized spacial score (nSPS) is 19.6. The number of fused-ring (bicyclic) bond motifs is 1. The van der Waals surface area contributed by atoms with E-state index in [1.54, 1.807) is 6.92 Å². The molecule has 1 amide bonds. The first-order valence-corrected chi connectivity index (χ1v) is 11.4. The molecule has 4 rings (SSSR count). The minimum atomic E-state index is -0.304. The smallest absolute Gasteiger partial charge is 0.310 e. The zero-order valence-corrected chi connectivity index (χ0v) is 18.5. The lowest BCUT2D eigenvalue weighted by Crippen LogP contribution is -2.21.